The molecule has 0 spiro atoms. The molecule has 0 aromatic heterocycles. The third-order valence-electron chi connectivity index (χ3n) is 1.83. The molecule has 14 heavy (non-hydrogen) atoms. The number of terminal acetylenes is 2. The first-order chi connectivity index (χ1) is 6.69. The Labute approximate surface area is 94.2 Å². The zero-order valence-electron chi connectivity index (χ0n) is 7.48. The van der Waals surface area contributed by atoms with Gasteiger partial charge in [-0.1, -0.05) is 23.2 Å². The van der Waals surface area contributed by atoms with Crippen LogP contribution in [0.1, 0.15) is 11.1 Å². The van der Waals surface area contributed by atoms with Crippen LogP contribution in [0.25, 0.3) is 0 Å². The van der Waals surface area contributed by atoms with Crippen LogP contribution in [0.2, 0.25) is 10.0 Å². The molecule has 0 heterocycles. The van der Waals surface area contributed by atoms with Crippen LogP contribution in [0.5, 0.6) is 0 Å². The van der Waals surface area contributed by atoms with Crippen molar-refractivity contribution in [1.29, 1.82) is 0 Å². The number of rotatable bonds is 2. The normalized spacial score (nSPS) is 9.14. The van der Waals surface area contributed by atoms with Gasteiger partial charge in [0.15, 0.2) is 0 Å². The van der Waals surface area contributed by atoms with E-state index in [9.17, 15) is 0 Å². The van der Waals surface area contributed by atoms with E-state index in [4.69, 9.17) is 36.0 Å². The number of benzene rings is 1. The standard InChI is InChI=1S/C12H8Cl2/c1-3-5-9-7-11(13)12(14)8-10(9)6-4-2/h1-2,7-8H,5-6H2. The summed E-state index contributed by atoms with van der Waals surface area (Å²) < 4.78 is 0. The molecule has 2 heteroatoms. The van der Waals surface area contributed by atoms with Crippen molar-refractivity contribution in [3.63, 3.8) is 0 Å². The molecule has 1 aromatic carbocycles. The highest BCUT2D eigenvalue weighted by molar-refractivity contribution is 6.42. The Bertz CT molecular complexity index is 378. The lowest BCUT2D eigenvalue weighted by atomic mass is 10.0. The summed E-state index contributed by atoms with van der Waals surface area (Å²) in [7, 11) is 0. The maximum Gasteiger partial charge on any atom is 0.0595 e. The summed E-state index contributed by atoms with van der Waals surface area (Å²) in [5.74, 6) is 5.12. The summed E-state index contributed by atoms with van der Waals surface area (Å²) in [4.78, 5) is 0. The molecule has 0 aliphatic rings. The van der Waals surface area contributed by atoms with Crippen LogP contribution in [0.15, 0.2) is 12.1 Å². The highest BCUT2D eigenvalue weighted by Gasteiger charge is 2.05. The minimum atomic E-state index is 0.512. The first kappa shape index (κ1) is 11.0. The van der Waals surface area contributed by atoms with Crippen molar-refractivity contribution in [2.24, 2.45) is 0 Å². The van der Waals surface area contributed by atoms with Crippen molar-refractivity contribution in [2.45, 2.75) is 12.8 Å². The van der Waals surface area contributed by atoms with Crippen LogP contribution in [0, 0.1) is 24.7 Å². The molecule has 0 N–H and O–H groups in total. The second-order valence-corrected chi connectivity index (χ2v) is 3.61. The molecule has 0 atom stereocenters. The van der Waals surface area contributed by atoms with E-state index in [0.717, 1.165) is 11.1 Å². The van der Waals surface area contributed by atoms with Gasteiger partial charge in [-0.2, -0.15) is 0 Å². The number of hydrogen-bond acceptors (Lipinski definition) is 0. The van der Waals surface area contributed by atoms with E-state index in [0.29, 0.717) is 22.9 Å². The molecule has 0 unspecified atom stereocenters. The molecule has 1 aromatic rings. The molecular formula is C12H8Cl2. The highest BCUT2D eigenvalue weighted by Crippen LogP contribution is 2.26. The smallest absolute Gasteiger partial charge is 0.0595 e. The van der Waals surface area contributed by atoms with E-state index in [-0.39, 0.29) is 0 Å². The van der Waals surface area contributed by atoms with Gasteiger partial charge in [-0.3, -0.25) is 0 Å². The van der Waals surface area contributed by atoms with Gasteiger partial charge in [0.05, 0.1) is 10.0 Å². The van der Waals surface area contributed by atoms with E-state index < -0.39 is 0 Å². The molecule has 0 fully saturated rings. The van der Waals surface area contributed by atoms with Gasteiger partial charge in [0.25, 0.3) is 0 Å². The molecule has 0 radical (unpaired) electrons. The van der Waals surface area contributed by atoms with Crippen molar-refractivity contribution in [1.82, 2.24) is 0 Å². The molecule has 0 amide bonds. The van der Waals surface area contributed by atoms with Crippen molar-refractivity contribution in [3.05, 3.63) is 33.3 Å². The van der Waals surface area contributed by atoms with Crippen LogP contribution >= 0.6 is 23.2 Å². The van der Waals surface area contributed by atoms with Crippen LogP contribution in [-0.2, 0) is 12.8 Å². The van der Waals surface area contributed by atoms with Crippen LogP contribution in [0.3, 0.4) is 0 Å². The first-order valence-electron chi connectivity index (χ1n) is 4.02. The quantitative estimate of drug-likeness (QED) is 0.674. The minimum Gasteiger partial charge on any atom is -0.120 e. The van der Waals surface area contributed by atoms with E-state index in [1.54, 1.807) is 12.1 Å². The van der Waals surface area contributed by atoms with Crippen LogP contribution < -0.4 is 0 Å². The lowest BCUT2D eigenvalue weighted by Gasteiger charge is -2.06. The summed E-state index contributed by atoms with van der Waals surface area (Å²) in [5, 5.41) is 1.02. The third-order valence-corrected chi connectivity index (χ3v) is 2.55. The Morgan fingerprint density at radius 3 is 1.57 bits per heavy atom. The van der Waals surface area contributed by atoms with Crippen molar-refractivity contribution < 1.29 is 0 Å². The lowest BCUT2D eigenvalue weighted by Crippen LogP contribution is -1.92. The van der Waals surface area contributed by atoms with Gasteiger partial charge in [0.2, 0.25) is 0 Å². The van der Waals surface area contributed by atoms with Gasteiger partial charge in [0, 0.05) is 12.8 Å². The summed E-state index contributed by atoms with van der Waals surface area (Å²) in [6, 6.07) is 3.55. The lowest BCUT2D eigenvalue weighted by molar-refractivity contribution is 1.19. The Balaban J connectivity index is 3.19. The average molecular weight is 223 g/mol. The van der Waals surface area contributed by atoms with Crippen LogP contribution in [-0.4, -0.2) is 0 Å². The maximum atomic E-state index is 5.87. The van der Waals surface area contributed by atoms with E-state index >= 15 is 0 Å². The van der Waals surface area contributed by atoms with E-state index in [1.807, 2.05) is 0 Å². The number of halogens is 2. The summed E-state index contributed by atoms with van der Waals surface area (Å²) in [6.07, 6.45) is 11.5. The van der Waals surface area contributed by atoms with Gasteiger partial charge >= 0.3 is 0 Å². The summed E-state index contributed by atoms with van der Waals surface area (Å²) in [5.41, 5.74) is 1.94. The third kappa shape index (κ3) is 2.46. The van der Waals surface area contributed by atoms with Crippen LogP contribution in [0.4, 0.5) is 0 Å². The van der Waals surface area contributed by atoms with Gasteiger partial charge in [-0.15, -0.1) is 24.7 Å². The summed E-state index contributed by atoms with van der Waals surface area (Å²) >= 11 is 11.7. The van der Waals surface area contributed by atoms with Crippen molar-refractivity contribution in [3.8, 4) is 24.7 Å². The van der Waals surface area contributed by atoms with Crippen molar-refractivity contribution in [2.75, 3.05) is 0 Å². The highest BCUT2D eigenvalue weighted by atomic mass is 35.5. The SMILES string of the molecule is C#CCc1cc(Cl)c(Cl)cc1CC#C. The minimum absolute atomic E-state index is 0.512. The number of hydrogen-bond donors (Lipinski definition) is 0. The molecule has 0 aliphatic carbocycles. The van der Waals surface area contributed by atoms with E-state index in [1.165, 1.54) is 0 Å². The molecule has 0 bridgehead atoms. The molecular weight excluding hydrogens is 215 g/mol. The second-order valence-electron chi connectivity index (χ2n) is 2.80. The fraction of sp³-hybridized carbons (Fsp3) is 0.167. The largest absolute Gasteiger partial charge is 0.120 e. The van der Waals surface area contributed by atoms with E-state index in [2.05, 4.69) is 11.8 Å². The molecule has 1 rings (SSSR count). The topological polar surface area (TPSA) is 0 Å². The Hall–Kier alpha value is -1.08. The Morgan fingerprint density at radius 1 is 0.929 bits per heavy atom. The fourth-order valence-electron chi connectivity index (χ4n) is 1.18. The summed E-state index contributed by atoms with van der Waals surface area (Å²) in [6.45, 7) is 0. The molecule has 70 valence electrons. The van der Waals surface area contributed by atoms with Gasteiger partial charge in [-0.25, -0.2) is 0 Å². The molecule has 0 saturated carbocycles. The van der Waals surface area contributed by atoms with Gasteiger partial charge in [0.1, 0.15) is 0 Å². The maximum absolute atomic E-state index is 5.87. The monoisotopic (exact) mass is 222 g/mol. The molecule has 0 saturated heterocycles. The fourth-order valence-corrected chi connectivity index (χ4v) is 1.55. The second kappa shape index (κ2) is 4.97. The Morgan fingerprint density at radius 2 is 1.29 bits per heavy atom. The zero-order chi connectivity index (χ0) is 10.6. The average Bonchev–Trinajstić information content (AvgIpc) is 2.14. The van der Waals surface area contributed by atoms with Gasteiger partial charge < -0.3 is 0 Å². The van der Waals surface area contributed by atoms with Gasteiger partial charge in [-0.05, 0) is 23.3 Å². The first-order valence-corrected chi connectivity index (χ1v) is 4.78. The predicted molar refractivity (Wildman–Crippen MR) is 61.5 cm³/mol. The molecule has 0 nitrogen and oxygen atoms in total. The zero-order valence-corrected chi connectivity index (χ0v) is 8.99. The van der Waals surface area contributed by atoms with Crippen molar-refractivity contribution >= 4 is 23.2 Å². The Kier molecular flexibility index (Phi) is 3.90. The predicted octanol–water partition coefficient (Wildman–Crippen LogP) is 3.34. The molecule has 0 aliphatic heterocycles.